The SMILES string of the molecule is C#CC(C)(C)NC(=O)C1Cc2ccccc2C1. The first kappa shape index (κ1) is 11.7. The van der Waals surface area contributed by atoms with Crippen molar-refractivity contribution in [2.45, 2.75) is 32.2 Å². The van der Waals surface area contributed by atoms with Crippen molar-refractivity contribution in [1.29, 1.82) is 0 Å². The van der Waals surface area contributed by atoms with Gasteiger partial charge >= 0.3 is 0 Å². The summed E-state index contributed by atoms with van der Waals surface area (Å²) in [6.45, 7) is 3.68. The molecule has 0 aromatic heterocycles. The van der Waals surface area contributed by atoms with E-state index in [-0.39, 0.29) is 11.8 Å². The fourth-order valence-electron chi connectivity index (χ4n) is 2.19. The zero-order valence-corrected chi connectivity index (χ0v) is 10.3. The van der Waals surface area contributed by atoms with Gasteiger partial charge < -0.3 is 5.32 Å². The summed E-state index contributed by atoms with van der Waals surface area (Å²) >= 11 is 0. The van der Waals surface area contributed by atoms with Gasteiger partial charge in [0.2, 0.25) is 5.91 Å². The first-order valence-corrected chi connectivity index (χ1v) is 5.88. The van der Waals surface area contributed by atoms with Gasteiger partial charge in [-0.3, -0.25) is 4.79 Å². The highest BCUT2D eigenvalue weighted by molar-refractivity contribution is 5.81. The number of nitrogens with one attached hydrogen (secondary N) is 1. The van der Waals surface area contributed by atoms with Crippen LogP contribution in [0.15, 0.2) is 24.3 Å². The topological polar surface area (TPSA) is 29.1 Å². The summed E-state index contributed by atoms with van der Waals surface area (Å²) in [4.78, 5) is 12.1. The Hall–Kier alpha value is -1.75. The maximum atomic E-state index is 12.1. The Morgan fingerprint density at radius 1 is 1.35 bits per heavy atom. The Morgan fingerprint density at radius 2 is 1.88 bits per heavy atom. The molecule has 0 aliphatic heterocycles. The predicted molar refractivity (Wildman–Crippen MR) is 68.4 cm³/mol. The molecule has 0 saturated carbocycles. The van der Waals surface area contributed by atoms with Crippen molar-refractivity contribution in [2.75, 3.05) is 0 Å². The second-order valence-corrected chi connectivity index (χ2v) is 5.13. The molecule has 1 aliphatic rings. The predicted octanol–water partition coefficient (Wildman–Crippen LogP) is 1.93. The summed E-state index contributed by atoms with van der Waals surface area (Å²) in [5, 5.41) is 2.91. The largest absolute Gasteiger partial charge is 0.340 e. The first-order chi connectivity index (χ1) is 8.02. The molecular weight excluding hydrogens is 210 g/mol. The molecule has 0 heterocycles. The van der Waals surface area contributed by atoms with E-state index in [9.17, 15) is 4.79 Å². The number of benzene rings is 1. The van der Waals surface area contributed by atoms with Gasteiger partial charge in [0.15, 0.2) is 0 Å². The van der Waals surface area contributed by atoms with Crippen molar-refractivity contribution < 1.29 is 4.79 Å². The minimum atomic E-state index is -0.564. The molecule has 0 unspecified atom stereocenters. The number of amides is 1. The van der Waals surface area contributed by atoms with Crippen LogP contribution >= 0.6 is 0 Å². The monoisotopic (exact) mass is 227 g/mol. The van der Waals surface area contributed by atoms with Crippen LogP contribution < -0.4 is 5.32 Å². The van der Waals surface area contributed by atoms with Crippen LogP contribution in [0.4, 0.5) is 0 Å². The molecule has 17 heavy (non-hydrogen) atoms. The molecular formula is C15H17NO. The van der Waals surface area contributed by atoms with Gasteiger partial charge in [0, 0.05) is 5.92 Å². The van der Waals surface area contributed by atoms with Crippen molar-refractivity contribution >= 4 is 5.91 Å². The Kier molecular flexibility index (Phi) is 2.93. The third kappa shape index (κ3) is 2.50. The van der Waals surface area contributed by atoms with Crippen molar-refractivity contribution in [3.8, 4) is 12.3 Å². The fourth-order valence-corrected chi connectivity index (χ4v) is 2.19. The zero-order chi connectivity index (χ0) is 12.5. The van der Waals surface area contributed by atoms with Crippen LogP contribution in [0.3, 0.4) is 0 Å². The van der Waals surface area contributed by atoms with E-state index in [4.69, 9.17) is 6.42 Å². The Balaban J connectivity index is 2.04. The minimum absolute atomic E-state index is 0.0278. The van der Waals surface area contributed by atoms with E-state index >= 15 is 0 Å². The minimum Gasteiger partial charge on any atom is -0.340 e. The lowest BCUT2D eigenvalue weighted by molar-refractivity contribution is -0.125. The molecule has 88 valence electrons. The van der Waals surface area contributed by atoms with Crippen molar-refractivity contribution in [3.63, 3.8) is 0 Å². The van der Waals surface area contributed by atoms with Crippen LogP contribution in [0.2, 0.25) is 0 Å². The molecule has 1 aromatic rings. The Morgan fingerprint density at radius 3 is 2.35 bits per heavy atom. The Labute approximate surface area is 102 Å². The lowest BCUT2D eigenvalue weighted by Gasteiger charge is -2.22. The molecule has 1 N–H and O–H groups in total. The first-order valence-electron chi connectivity index (χ1n) is 5.88. The van der Waals surface area contributed by atoms with Gasteiger partial charge in [0.05, 0.1) is 5.54 Å². The average Bonchev–Trinajstić information content (AvgIpc) is 2.72. The number of fused-ring (bicyclic) bond motifs is 1. The van der Waals surface area contributed by atoms with E-state index in [1.807, 2.05) is 26.0 Å². The van der Waals surface area contributed by atoms with Crippen LogP contribution in [-0.4, -0.2) is 11.4 Å². The molecule has 2 heteroatoms. The van der Waals surface area contributed by atoms with E-state index in [2.05, 4.69) is 23.4 Å². The third-order valence-electron chi connectivity index (χ3n) is 3.22. The second kappa shape index (κ2) is 4.25. The molecule has 0 saturated heterocycles. The van der Waals surface area contributed by atoms with E-state index < -0.39 is 5.54 Å². The van der Waals surface area contributed by atoms with Gasteiger partial charge in [-0.1, -0.05) is 30.2 Å². The van der Waals surface area contributed by atoms with Crippen LogP contribution in [0, 0.1) is 18.3 Å². The summed E-state index contributed by atoms with van der Waals surface area (Å²) in [6.07, 6.45) is 7.02. The van der Waals surface area contributed by atoms with E-state index in [0.29, 0.717) is 0 Å². The van der Waals surface area contributed by atoms with Gasteiger partial charge in [-0.15, -0.1) is 6.42 Å². The highest BCUT2D eigenvalue weighted by Crippen LogP contribution is 2.26. The number of hydrogen-bond acceptors (Lipinski definition) is 1. The van der Waals surface area contributed by atoms with E-state index in [0.717, 1.165) is 12.8 Å². The number of terminal acetylenes is 1. The molecule has 0 atom stereocenters. The lowest BCUT2D eigenvalue weighted by atomic mass is 10.0. The van der Waals surface area contributed by atoms with Crippen molar-refractivity contribution in [2.24, 2.45) is 5.92 Å². The molecule has 0 bridgehead atoms. The maximum absolute atomic E-state index is 12.1. The van der Waals surface area contributed by atoms with Gasteiger partial charge in [-0.2, -0.15) is 0 Å². The van der Waals surface area contributed by atoms with Crippen LogP contribution in [0.25, 0.3) is 0 Å². The lowest BCUT2D eigenvalue weighted by Crippen LogP contribution is -2.45. The number of carbonyl (C=O) groups is 1. The standard InChI is InChI=1S/C15H17NO/c1-4-15(2,3)16-14(17)13-9-11-7-5-6-8-12(11)10-13/h1,5-8,13H,9-10H2,2-3H3,(H,16,17). The van der Waals surface area contributed by atoms with Gasteiger partial charge in [0.1, 0.15) is 0 Å². The summed E-state index contributed by atoms with van der Waals surface area (Å²) in [6, 6.07) is 8.22. The van der Waals surface area contributed by atoms with Gasteiger partial charge in [-0.05, 0) is 37.8 Å². The van der Waals surface area contributed by atoms with Gasteiger partial charge in [0.25, 0.3) is 0 Å². The second-order valence-electron chi connectivity index (χ2n) is 5.13. The quantitative estimate of drug-likeness (QED) is 0.768. The zero-order valence-electron chi connectivity index (χ0n) is 10.3. The highest BCUT2D eigenvalue weighted by Gasteiger charge is 2.29. The van der Waals surface area contributed by atoms with Crippen molar-refractivity contribution in [3.05, 3.63) is 35.4 Å². The highest BCUT2D eigenvalue weighted by atomic mass is 16.2. The van der Waals surface area contributed by atoms with Gasteiger partial charge in [-0.25, -0.2) is 0 Å². The van der Waals surface area contributed by atoms with Crippen LogP contribution in [0.1, 0.15) is 25.0 Å². The molecule has 1 amide bonds. The summed E-state index contributed by atoms with van der Waals surface area (Å²) in [7, 11) is 0. The molecule has 0 fully saturated rings. The molecule has 0 spiro atoms. The Bertz CT molecular complexity index is 457. The fraction of sp³-hybridized carbons (Fsp3) is 0.400. The summed E-state index contributed by atoms with van der Waals surface area (Å²) in [5.74, 6) is 2.67. The molecule has 1 aliphatic carbocycles. The smallest absolute Gasteiger partial charge is 0.224 e. The third-order valence-corrected chi connectivity index (χ3v) is 3.22. The summed E-state index contributed by atoms with van der Waals surface area (Å²) in [5.41, 5.74) is 2.00. The van der Waals surface area contributed by atoms with E-state index in [1.54, 1.807) is 0 Å². The number of hydrogen-bond donors (Lipinski definition) is 1. The molecule has 2 nitrogen and oxygen atoms in total. The molecule has 1 aromatic carbocycles. The van der Waals surface area contributed by atoms with E-state index in [1.165, 1.54) is 11.1 Å². The molecule has 2 rings (SSSR count). The average molecular weight is 227 g/mol. The normalized spacial score (nSPS) is 15.1. The maximum Gasteiger partial charge on any atom is 0.224 e. The van der Waals surface area contributed by atoms with Crippen LogP contribution in [0.5, 0.6) is 0 Å². The summed E-state index contributed by atoms with van der Waals surface area (Å²) < 4.78 is 0. The molecule has 0 radical (unpaired) electrons. The van der Waals surface area contributed by atoms with Crippen LogP contribution in [-0.2, 0) is 17.6 Å². The van der Waals surface area contributed by atoms with Crippen molar-refractivity contribution in [1.82, 2.24) is 5.32 Å². The number of rotatable bonds is 2. The number of carbonyl (C=O) groups excluding carboxylic acids is 1.